The second-order valence-corrected chi connectivity index (χ2v) is 7.35. The highest BCUT2D eigenvalue weighted by Gasteiger charge is 2.09. The maximum atomic E-state index is 11.1. The van der Waals surface area contributed by atoms with Gasteiger partial charge in [0, 0.05) is 16.1 Å². The van der Waals surface area contributed by atoms with Crippen molar-refractivity contribution in [1.29, 1.82) is 0 Å². The van der Waals surface area contributed by atoms with E-state index in [1.807, 2.05) is 12.1 Å². The third-order valence-corrected chi connectivity index (χ3v) is 4.33. The zero-order chi connectivity index (χ0) is 14.0. The number of benzene rings is 1. The van der Waals surface area contributed by atoms with E-state index < -0.39 is 10.0 Å². The molecule has 1 heterocycles. The summed E-state index contributed by atoms with van der Waals surface area (Å²) in [5.41, 5.74) is 2.55. The summed E-state index contributed by atoms with van der Waals surface area (Å²) < 4.78 is 24.7. The van der Waals surface area contributed by atoms with E-state index in [9.17, 15) is 8.42 Å². The van der Waals surface area contributed by atoms with Crippen molar-refractivity contribution in [3.05, 3.63) is 34.2 Å². The number of hydrogen-bond donors (Lipinski definition) is 1. The van der Waals surface area contributed by atoms with Crippen molar-refractivity contribution < 1.29 is 8.42 Å². The van der Waals surface area contributed by atoms with Crippen LogP contribution in [0, 0.1) is 6.92 Å². The van der Waals surface area contributed by atoms with Gasteiger partial charge >= 0.3 is 0 Å². The Labute approximate surface area is 129 Å². The Bertz CT molecular complexity index is 679. The van der Waals surface area contributed by atoms with E-state index in [0.29, 0.717) is 5.69 Å². The van der Waals surface area contributed by atoms with Crippen LogP contribution in [-0.4, -0.2) is 19.7 Å². The van der Waals surface area contributed by atoms with Crippen molar-refractivity contribution >= 4 is 39.5 Å². The Morgan fingerprint density at radius 3 is 2.30 bits per heavy atom. The molecule has 0 saturated heterocycles. The SMILES string of the molecule is CCc1nc(-c2ccc(NS(C)(=O)=O)cc2)c(C)s1.Cl. The van der Waals surface area contributed by atoms with Crippen LogP contribution < -0.4 is 4.72 Å². The summed E-state index contributed by atoms with van der Waals surface area (Å²) in [5, 5.41) is 1.12. The van der Waals surface area contributed by atoms with Crippen molar-refractivity contribution in [2.24, 2.45) is 0 Å². The first-order chi connectivity index (χ1) is 8.89. The number of halogens is 1. The van der Waals surface area contributed by atoms with E-state index in [0.717, 1.165) is 28.9 Å². The zero-order valence-corrected chi connectivity index (χ0v) is 14.0. The van der Waals surface area contributed by atoms with E-state index in [1.165, 1.54) is 4.88 Å². The number of thiazole rings is 1. The lowest BCUT2D eigenvalue weighted by Gasteiger charge is -2.04. The van der Waals surface area contributed by atoms with Crippen LogP contribution in [0.2, 0.25) is 0 Å². The Morgan fingerprint density at radius 2 is 1.85 bits per heavy atom. The van der Waals surface area contributed by atoms with Gasteiger partial charge in [0.25, 0.3) is 0 Å². The predicted octanol–water partition coefficient (Wildman–Crippen LogP) is 3.47. The van der Waals surface area contributed by atoms with Crippen molar-refractivity contribution in [3.8, 4) is 11.3 Å². The maximum Gasteiger partial charge on any atom is 0.229 e. The lowest BCUT2D eigenvalue weighted by atomic mass is 10.1. The number of nitrogens with zero attached hydrogens (tertiary/aromatic N) is 1. The van der Waals surface area contributed by atoms with Crippen LogP contribution in [0.1, 0.15) is 16.8 Å². The number of anilines is 1. The van der Waals surface area contributed by atoms with E-state index in [2.05, 4.69) is 23.6 Å². The van der Waals surface area contributed by atoms with Crippen LogP contribution in [0.15, 0.2) is 24.3 Å². The normalized spacial score (nSPS) is 10.9. The predicted molar refractivity (Wildman–Crippen MR) is 87.4 cm³/mol. The van der Waals surface area contributed by atoms with Gasteiger partial charge < -0.3 is 0 Å². The van der Waals surface area contributed by atoms with Gasteiger partial charge in [-0.25, -0.2) is 13.4 Å². The Kier molecular flexibility index (Phi) is 5.56. The first-order valence-electron chi connectivity index (χ1n) is 5.93. The molecule has 2 rings (SSSR count). The molecular weight excluding hydrogens is 316 g/mol. The average Bonchev–Trinajstić information content (AvgIpc) is 2.70. The number of aryl methyl sites for hydroxylation is 2. The molecule has 0 amide bonds. The molecule has 0 aliphatic carbocycles. The van der Waals surface area contributed by atoms with Crippen LogP contribution in [0.25, 0.3) is 11.3 Å². The summed E-state index contributed by atoms with van der Waals surface area (Å²) in [7, 11) is -3.23. The third kappa shape index (κ3) is 4.19. The minimum atomic E-state index is -3.23. The summed E-state index contributed by atoms with van der Waals surface area (Å²) in [5.74, 6) is 0. The van der Waals surface area contributed by atoms with Crippen molar-refractivity contribution in [2.45, 2.75) is 20.3 Å². The molecule has 0 unspecified atom stereocenters. The van der Waals surface area contributed by atoms with Crippen LogP contribution in [0.4, 0.5) is 5.69 Å². The van der Waals surface area contributed by atoms with Gasteiger partial charge in [-0.05, 0) is 25.5 Å². The van der Waals surface area contributed by atoms with Crippen molar-refractivity contribution in [1.82, 2.24) is 4.98 Å². The molecule has 0 radical (unpaired) electrons. The number of sulfonamides is 1. The molecule has 0 aliphatic rings. The monoisotopic (exact) mass is 332 g/mol. The number of aromatic nitrogens is 1. The lowest BCUT2D eigenvalue weighted by Crippen LogP contribution is -2.09. The fraction of sp³-hybridized carbons (Fsp3) is 0.308. The smallest absolute Gasteiger partial charge is 0.229 e. The molecule has 20 heavy (non-hydrogen) atoms. The summed E-state index contributed by atoms with van der Waals surface area (Å²) in [6.45, 7) is 4.13. The molecule has 0 atom stereocenters. The lowest BCUT2D eigenvalue weighted by molar-refractivity contribution is 0.607. The Hall–Kier alpha value is -1.11. The summed E-state index contributed by atoms with van der Waals surface area (Å²) in [6, 6.07) is 7.27. The van der Waals surface area contributed by atoms with Crippen LogP contribution in [0.5, 0.6) is 0 Å². The molecule has 1 aromatic carbocycles. The van der Waals surface area contributed by atoms with Crippen molar-refractivity contribution in [3.63, 3.8) is 0 Å². The van der Waals surface area contributed by atoms with Gasteiger partial charge in [-0.2, -0.15) is 0 Å². The topological polar surface area (TPSA) is 59.1 Å². The first-order valence-corrected chi connectivity index (χ1v) is 8.64. The van der Waals surface area contributed by atoms with Gasteiger partial charge in [-0.1, -0.05) is 19.1 Å². The number of hydrogen-bond acceptors (Lipinski definition) is 4. The summed E-state index contributed by atoms with van der Waals surface area (Å²) in [6.07, 6.45) is 2.07. The van der Waals surface area contributed by atoms with Crippen LogP contribution in [-0.2, 0) is 16.4 Å². The van der Waals surface area contributed by atoms with Gasteiger partial charge in [-0.15, -0.1) is 23.7 Å². The van der Waals surface area contributed by atoms with E-state index >= 15 is 0 Å². The molecule has 0 spiro atoms. The van der Waals surface area contributed by atoms with Crippen LogP contribution in [0.3, 0.4) is 0 Å². The molecule has 1 N–H and O–H groups in total. The minimum Gasteiger partial charge on any atom is -0.284 e. The second kappa shape index (κ2) is 6.56. The molecular formula is C13H17ClN2O2S2. The highest BCUT2D eigenvalue weighted by Crippen LogP contribution is 2.28. The van der Waals surface area contributed by atoms with Gasteiger partial charge in [0.05, 0.1) is 17.0 Å². The minimum absolute atomic E-state index is 0. The van der Waals surface area contributed by atoms with Gasteiger partial charge in [0.15, 0.2) is 0 Å². The highest BCUT2D eigenvalue weighted by molar-refractivity contribution is 7.92. The molecule has 7 heteroatoms. The first kappa shape index (κ1) is 16.9. The van der Waals surface area contributed by atoms with E-state index in [-0.39, 0.29) is 12.4 Å². The van der Waals surface area contributed by atoms with Gasteiger partial charge in [-0.3, -0.25) is 4.72 Å². The number of rotatable bonds is 4. The van der Waals surface area contributed by atoms with Crippen molar-refractivity contribution in [2.75, 3.05) is 11.0 Å². The molecule has 0 saturated carbocycles. The largest absolute Gasteiger partial charge is 0.284 e. The fourth-order valence-corrected chi connectivity index (χ4v) is 3.24. The molecule has 0 bridgehead atoms. The molecule has 0 aliphatic heterocycles. The summed E-state index contributed by atoms with van der Waals surface area (Å²) in [4.78, 5) is 5.76. The molecule has 0 fully saturated rings. The van der Waals surface area contributed by atoms with E-state index in [4.69, 9.17) is 0 Å². The molecule has 1 aromatic heterocycles. The second-order valence-electron chi connectivity index (χ2n) is 4.32. The zero-order valence-electron chi connectivity index (χ0n) is 11.5. The molecule has 110 valence electrons. The van der Waals surface area contributed by atoms with Gasteiger partial charge in [0.1, 0.15) is 0 Å². The standard InChI is InChI=1S/C13H16N2O2S2.ClH/c1-4-12-14-13(9(2)18-12)10-5-7-11(8-6-10)15-19(3,16)17;/h5-8,15H,4H2,1-3H3;1H. The highest BCUT2D eigenvalue weighted by atomic mass is 35.5. The quantitative estimate of drug-likeness (QED) is 0.932. The maximum absolute atomic E-state index is 11.1. The van der Waals surface area contributed by atoms with Crippen LogP contribution >= 0.6 is 23.7 Å². The molecule has 4 nitrogen and oxygen atoms in total. The Balaban J connectivity index is 0.00000200. The van der Waals surface area contributed by atoms with E-state index in [1.54, 1.807) is 23.5 Å². The number of nitrogens with one attached hydrogen (secondary N) is 1. The Morgan fingerprint density at radius 1 is 1.25 bits per heavy atom. The summed E-state index contributed by atoms with van der Waals surface area (Å²) >= 11 is 1.70. The molecule has 2 aromatic rings. The average molecular weight is 333 g/mol. The fourth-order valence-electron chi connectivity index (χ4n) is 1.78. The third-order valence-electron chi connectivity index (χ3n) is 2.60. The van der Waals surface area contributed by atoms with Gasteiger partial charge in [0.2, 0.25) is 10.0 Å².